The molecule has 1 aromatic rings. The van der Waals surface area contributed by atoms with Gasteiger partial charge in [0.2, 0.25) is 5.28 Å². The van der Waals surface area contributed by atoms with Crippen molar-refractivity contribution in [3.8, 4) is 0 Å². The van der Waals surface area contributed by atoms with Crippen LogP contribution in [0, 0.1) is 0 Å². The van der Waals surface area contributed by atoms with E-state index in [1.807, 2.05) is 6.26 Å². The van der Waals surface area contributed by atoms with Crippen molar-refractivity contribution in [2.45, 2.75) is 36.7 Å². The Balaban J connectivity index is 2.11. The standard InChI is InChI=1S/C11H13ClF3N3S/c1-19-7-3-2-6(4-7)16-9-5-8(11(13,14)15)17-10(12)18-9/h5-7H,2-4H2,1H3,(H,16,17,18). The summed E-state index contributed by atoms with van der Waals surface area (Å²) >= 11 is 7.31. The van der Waals surface area contributed by atoms with Crippen LogP contribution in [0.1, 0.15) is 25.0 Å². The van der Waals surface area contributed by atoms with Crippen molar-refractivity contribution < 1.29 is 13.2 Å². The van der Waals surface area contributed by atoms with E-state index in [2.05, 4.69) is 15.3 Å². The topological polar surface area (TPSA) is 37.8 Å². The molecule has 0 aliphatic heterocycles. The zero-order valence-electron chi connectivity index (χ0n) is 10.2. The SMILES string of the molecule is CSC1CCC(Nc2cc(C(F)(F)F)nc(Cl)n2)C1. The van der Waals surface area contributed by atoms with Crippen LogP contribution < -0.4 is 5.32 Å². The predicted molar refractivity (Wildman–Crippen MR) is 70.6 cm³/mol. The Hall–Kier alpha value is -0.690. The highest BCUT2D eigenvalue weighted by Gasteiger charge is 2.34. The van der Waals surface area contributed by atoms with Gasteiger partial charge in [0.05, 0.1) is 0 Å². The van der Waals surface area contributed by atoms with Gasteiger partial charge >= 0.3 is 6.18 Å². The quantitative estimate of drug-likeness (QED) is 0.861. The average molecular weight is 312 g/mol. The Morgan fingerprint density at radius 1 is 1.37 bits per heavy atom. The third-order valence-electron chi connectivity index (χ3n) is 3.06. The van der Waals surface area contributed by atoms with Crippen molar-refractivity contribution in [2.24, 2.45) is 0 Å². The van der Waals surface area contributed by atoms with Gasteiger partial charge in [0.15, 0.2) is 5.69 Å². The highest BCUT2D eigenvalue weighted by atomic mass is 35.5. The van der Waals surface area contributed by atoms with Crippen LogP contribution in [0.2, 0.25) is 5.28 Å². The fraction of sp³-hybridized carbons (Fsp3) is 0.636. The van der Waals surface area contributed by atoms with Gasteiger partial charge in [-0.25, -0.2) is 9.97 Å². The predicted octanol–water partition coefficient (Wildman–Crippen LogP) is 3.84. The Morgan fingerprint density at radius 3 is 2.68 bits per heavy atom. The van der Waals surface area contributed by atoms with Crippen LogP contribution in [0.5, 0.6) is 0 Å². The lowest BCUT2D eigenvalue weighted by Crippen LogP contribution is -2.18. The van der Waals surface area contributed by atoms with Crippen LogP contribution in [0.25, 0.3) is 0 Å². The van der Waals surface area contributed by atoms with Gasteiger partial charge in [-0.05, 0) is 37.1 Å². The first-order valence-electron chi connectivity index (χ1n) is 5.79. The summed E-state index contributed by atoms with van der Waals surface area (Å²) in [5.74, 6) is 0.138. The molecule has 1 aliphatic rings. The molecule has 1 fully saturated rings. The van der Waals surface area contributed by atoms with E-state index in [-0.39, 0.29) is 11.9 Å². The number of thioether (sulfide) groups is 1. The number of hydrogen-bond donors (Lipinski definition) is 1. The summed E-state index contributed by atoms with van der Waals surface area (Å²) in [4.78, 5) is 6.99. The monoisotopic (exact) mass is 311 g/mol. The van der Waals surface area contributed by atoms with Gasteiger partial charge < -0.3 is 5.32 Å². The first-order valence-corrected chi connectivity index (χ1v) is 7.46. The summed E-state index contributed by atoms with van der Waals surface area (Å²) in [6.07, 6.45) is 0.430. The van der Waals surface area contributed by atoms with Crippen LogP contribution in [0.15, 0.2) is 6.07 Å². The molecule has 19 heavy (non-hydrogen) atoms. The molecule has 1 aliphatic carbocycles. The molecule has 0 aromatic carbocycles. The number of aromatic nitrogens is 2. The van der Waals surface area contributed by atoms with Crippen LogP contribution in [-0.2, 0) is 6.18 Å². The summed E-state index contributed by atoms with van der Waals surface area (Å²) in [6.45, 7) is 0. The van der Waals surface area contributed by atoms with Gasteiger partial charge in [-0.2, -0.15) is 24.9 Å². The Kier molecular flexibility index (Phi) is 4.45. The Labute approximate surface area is 118 Å². The molecule has 1 saturated carbocycles. The number of halogens is 4. The molecule has 0 spiro atoms. The van der Waals surface area contributed by atoms with E-state index in [1.54, 1.807) is 11.8 Å². The third-order valence-corrected chi connectivity index (χ3v) is 4.32. The molecule has 1 aromatic heterocycles. The van der Waals surface area contributed by atoms with Gasteiger partial charge in [-0.1, -0.05) is 0 Å². The summed E-state index contributed by atoms with van der Waals surface area (Å²) in [5.41, 5.74) is -1.02. The summed E-state index contributed by atoms with van der Waals surface area (Å²) in [7, 11) is 0. The maximum atomic E-state index is 12.6. The number of hydrogen-bond acceptors (Lipinski definition) is 4. The largest absolute Gasteiger partial charge is 0.433 e. The van der Waals surface area contributed by atoms with Crippen LogP contribution in [-0.4, -0.2) is 27.5 Å². The van der Waals surface area contributed by atoms with Gasteiger partial charge in [-0.3, -0.25) is 0 Å². The molecule has 8 heteroatoms. The second-order valence-electron chi connectivity index (χ2n) is 4.42. The minimum Gasteiger partial charge on any atom is -0.367 e. The van der Waals surface area contributed by atoms with Crippen molar-refractivity contribution in [1.82, 2.24) is 9.97 Å². The van der Waals surface area contributed by atoms with Crippen LogP contribution in [0.4, 0.5) is 19.0 Å². The van der Waals surface area contributed by atoms with Crippen molar-refractivity contribution in [3.63, 3.8) is 0 Å². The summed E-state index contributed by atoms with van der Waals surface area (Å²) in [5, 5.41) is 3.17. The average Bonchev–Trinajstić information content (AvgIpc) is 2.75. The molecule has 0 bridgehead atoms. The molecule has 0 radical (unpaired) electrons. The van der Waals surface area contributed by atoms with Crippen LogP contribution in [0.3, 0.4) is 0 Å². The highest BCUT2D eigenvalue weighted by molar-refractivity contribution is 7.99. The van der Waals surface area contributed by atoms with Crippen molar-refractivity contribution >= 4 is 29.2 Å². The normalized spacial score (nSPS) is 23.6. The first-order chi connectivity index (χ1) is 8.88. The van der Waals surface area contributed by atoms with Gasteiger partial charge in [0, 0.05) is 17.4 Å². The van der Waals surface area contributed by atoms with E-state index >= 15 is 0 Å². The second kappa shape index (κ2) is 5.75. The van der Waals surface area contributed by atoms with E-state index in [9.17, 15) is 13.2 Å². The lowest BCUT2D eigenvalue weighted by molar-refractivity contribution is -0.141. The van der Waals surface area contributed by atoms with E-state index in [0.29, 0.717) is 5.25 Å². The summed E-state index contributed by atoms with van der Waals surface area (Å²) in [6, 6.07) is 1.04. The minimum atomic E-state index is -4.51. The molecular weight excluding hydrogens is 299 g/mol. The first kappa shape index (κ1) is 14.7. The maximum absolute atomic E-state index is 12.6. The maximum Gasteiger partial charge on any atom is 0.433 e. The van der Waals surface area contributed by atoms with E-state index < -0.39 is 17.2 Å². The number of nitrogens with one attached hydrogen (secondary N) is 1. The second-order valence-corrected chi connectivity index (χ2v) is 5.89. The van der Waals surface area contributed by atoms with Crippen molar-refractivity contribution in [3.05, 3.63) is 17.0 Å². The number of nitrogens with zero attached hydrogens (tertiary/aromatic N) is 2. The molecular formula is C11H13ClF3N3S. The van der Waals surface area contributed by atoms with Crippen molar-refractivity contribution in [2.75, 3.05) is 11.6 Å². The molecule has 1 N–H and O–H groups in total. The molecule has 2 rings (SSSR count). The summed E-state index contributed by atoms with van der Waals surface area (Å²) < 4.78 is 37.8. The zero-order valence-corrected chi connectivity index (χ0v) is 11.7. The van der Waals surface area contributed by atoms with E-state index in [4.69, 9.17) is 11.6 Å². The van der Waals surface area contributed by atoms with Gasteiger partial charge in [-0.15, -0.1) is 0 Å². The Bertz CT molecular complexity index is 455. The molecule has 2 unspecified atom stereocenters. The smallest absolute Gasteiger partial charge is 0.367 e. The Morgan fingerprint density at radius 2 is 2.11 bits per heavy atom. The third kappa shape index (κ3) is 3.89. The number of anilines is 1. The molecule has 0 amide bonds. The van der Waals surface area contributed by atoms with E-state index in [0.717, 1.165) is 25.3 Å². The van der Waals surface area contributed by atoms with Gasteiger partial charge in [0.25, 0.3) is 0 Å². The number of rotatable bonds is 3. The molecule has 106 valence electrons. The molecule has 3 nitrogen and oxygen atoms in total. The molecule has 1 heterocycles. The highest BCUT2D eigenvalue weighted by Crippen LogP contribution is 2.32. The van der Waals surface area contributed by atoms with Gasteiger partial charge in [0.1, 0.15) is 5.82 Å². The molecule has 2 atom stereocenters. The van der Waals surface area contributed by atoms with Crippen molar-refractivity contribution in [1.29, 1.82) is 0 Å². The lowest BCUT2D eigenvalue weighted by Gasteiger charge is -2.15. The lowest BCUT2D eigenvalue weighted by atomic mass is 10.2. The fourth-order valence-electron chi connectivity index (χ4n) is 2.13. The molecule has 0 saturated heterocycles. The minimum absolute atomic E-state index is 0.138. The van der Waals surface area contributed by atoms with E-state index in [1.165, 1.54) is 0 Å². The fourth-order valence-corrected chi connectivity index (χ4v) is 3.11. The number of alkyl halides is 3. The van der Waals surface area contributed by atoms with Crippen LogP contribution >= 0.6 is 23.4 Å². The zero-order chi connectivity index (χ0) is 14.0.